The third-order valence-electron chi connectivity index (χ3n) is 6.05. The number of fused-ring (bicyclic) bond motifs is 4. The van der Waals surface area contributed by atoms with Crippen molar-refractivity contribution in [3.05, 3.63) is 42.5 Å². The average molecular weight is 420 g/mol. The molecule has 2 unspecified atom stereocenters. The van der Waals surface area contributed by atoms with Crippen molar-refractivity contribution in [3.63, 3.8) is 0 Å². The molecule has 29 heavy (non-hydrogen) atoms. The molecular weight excluding hydrogens is 396 g/mol. The number of aliphatic hydroxyl groups is 1. The lowest BCUT2D eigenvalue weighted by Gasteiger charge is -2.50. The minimum absolute atomic E-state index is 0.111. The lowest BCUT2D eigenvalue weighted by Crippen LogP contribution is -2.54. The Morgan fingerprint density at radius 2 is 2.17 bits per heavy atom. The average Bonchev–Trinajstić information content (AvgIpc) is 2.71. The van der Waals surface area contributed by atoms with Crippen molar-refractivity contribution < 1.29 is 27.0 Å². The minimum atomic E-state index is -4.74. The molecular formula is C20H24N2O6S. The van der Waals surface area contributed by atoms with Crippen LogP contribution in [0.25, 0.3) is 10.9 Å². The maximum atomic E-state index is 11.3. The summed E-state index contributed by atoms with van der Waals surface area (Å²) >= 11 is 0. The maximum Gasteiger partial charge on any atom is 0.447 e. The van der Waals surface area contributed by atoms with Crippen LogP contribution >= 0.6 is 0 Å². The zero-order valence-electron chi connectivity index (χ0n) is 16.1. The number of aromatic nitrogens is 1. The summed E-state index contributed by atoms with van der Waals surface area (Å²) in [5, 5.41) is 11.9. The van der Waals surface area contributed by atoms with Crippen LogP contribution in [0.3, 0.4) is 0 Å². The van der Waals surface area contributed by atoms with Gasteiger partial charge in [-0.15, -0.1) is 6.58 Å². The molecule has 9 heteroatoms. The van der Waals surface area contributed by atoms with Gasteiger partial charge in [0.1, 0.15) is 5.75 Å². The number of methoxy groups -OCH3 is 1. The molecule has 0 radical (unpaired) electrons. The highest BCUT2D eigenvalue weighted by Crippen LogP contribution is 2.42. The molecule has 1 aromatic heterocycles. The molecule has 156 valence electrons. The SMILES string of the molecule is C=C[C@H]1CN2CCC1C[C@H]2[C@H](O)c1cc(OS(=O)(=O)O)nc2ccc(OC)cc12. The summed E-state index contributed by atoms with van der Waals surface area (Å²) in [4.78, 5) is 6.40. The molecule has 0 aliphatic carbocycles. The van der Waals surface area contributed by atoms with Crippen molar-refractivity contribution in [3.8, 4) is 11.6 Å². The van der Waals surface area contributed by atoms with Gasteiger partial charge in [-0.2, -0.15) is 8.42 Å². The van der Waals surface area contributed by atoms with E-state index < -0.39 is 16.5 Å². The van der Waals surface area contributed by atoms with E-state index in [1.807, 2.05) is 6.08 Å². The molecule has 3 aliphatic heterocycles. The normalized spacial score (nSPS) is 27.6. The van der Waals surface area contributed by atoms with E-state index in [0.717, 1.165) is 25.9 Å². The maximum absolute atomic E-state index is 11.3. The van der Waals surface area contributed by atoms with Gasteiger partial charge in [-0.3, -0.25) is 9.45 Å². The Balaban J connectivity index is 1.77. The number of hydrogen-bond donors (Lipinski definition) is 2. The van der Waals surface area contributed by atoms with Crippen molar-refractivity contribution in [2.75, 3.05) is 20.2 Å². The second-order valence-corrected chi connectivity index (χ2v) is 8.66. The number of aliphatic hydroxyl groups excluding tert-OH is 1. The van der Waals surface area contributed by atoms with E-state index in [0.29, 0.717) is 34.1 Å². The van der Waals surface area contributed by atoms with Gasteiger partial charge in [0, 0.05) is 24.0 Å². The third kappa shape index (κ3) is 3.95. The molecule has 0 amide bonds. The van der Waals surface area contributed by atoms with Gasteiger partial charge >= 0.3 is 10.4 Å². The van der Waals surface area contributed by atoms with E-state index in [1.54, 1.807) is 25.3 Å². The van der Waals surface area contributed by atoms with Crippen LogP contribution in [0.2, 0.25) is 0 Å². The van der Waals surface area contributed by atoms with E-state index in [-0.39, 0.29) is 11.9 Å². The van der Waals surface area contributed by atoms with Crippen LogP contribution in [0.4, 0.5) is 0 Å². The van der Waals surface area contributed by atoms with Crippen LogP contribution in [0, 0.1) is 11.8 Å². The van der Waals surface area contributed by atoms with Crippen molar-refractivity contribution in [2.24, 2.45) is 11.8 Å². The molecule has 4 heterocycles. The molecule has 2 aromatic rings. The van der Waals surface area contributed by atoms with Crippen molar-refractivity contribution in [1.82, 2.24) is 9.88 Å². The smallest absolute Gasteiger partial charge is 0.447 e. The Morgan fingerprint density at radius 1 is 1.38 bits per heavy atom. The van der Waals surface area contributed by atoms with E-state index in [4.69, 9.17) is 9.29 Å². The summed E-state index contributed by atoms with van der Waals surface area (Å²) in [7, 11) is -3.19. The number of benzene rings is 1. The fourth-order valence-electron chi connectivity index (χ4n) is 4.64. The number of hydrogen-bond acceptors (Lipinski definition) is 7. The van der Waals surface area contributed by atoms with Gasteiger partial charge in [0.25, 0.3) is 0 Å². The van der Waals surface area contributed by atoms with Crippen LogP contribution in [-0.4, -0.2) is 54.2 Å². The number of rotatable bonds is 6. The van der Waals surface area contributed by atoms with Gasteiger partial charge in [-0.05, 0) is 55.0 Å². The molecule has 2 bridgehead atoms. The standard InChI is InChI=1S/C20H24N2O6S/c1-3-12-11-22-7-6-13(12)8-18(22)20(23)16-10-19(28-29(24,25)26)21-17-5-4-14(27-2)9-15(16)17/h3-5,9-10,12-13,18,20,23H,1,6-8,11H2,2H3,(H,24,25,26)/t12-,13?,18-,20+/m0/s1. The molecule has 5 atom stereocenters. The Kier molecular flexibility index (Phi) is 5.24. The van der Waals surface area contributed by atoms with Gasteiger partial charge in [0.2, 0.25) is 5.88 Å². The van der Waals surface area contributed by atoms with Crippen molar-refractivity contribution >= 4 is 21.3 Å². The second kappa shape index (κ2) is 7.56. The molecule has 0 saturated carbocycles. The summed E-state index contributed by atoms with van der Waals surface area (Å²) in [5.41, 5.74) is 0.918. The van der Waals surface area contributed by atoms with E-state index in [2.05, 4.69) is 20.6 Å². The second-order valence-electron chi connectivity index (χ2n) is 7.63. The summed E-state index contributed by atoms with van der Waals surface area (Å²) < 4.78 is 41.3. The van der Waals surface area contributed by atoms with Crippen LogP contribution in [-0.2, 0) is 10.4 Å². The van der Waals surface area contributed by atoms with Crippen molar-refractivity contribution in [1.29, 1.82) is 0 Å². The minimum Gasteiger partial charge on any atom is -0.497 e. The highest BCUT2D eigenvalue weighted by Gasteiger charge is 2.42. The van der Waals surface area contributed by atoms with Crippen LogP contribution in [0.15, 0.2) is 36.9 Å². The summed E-state index contributed by atoms with van der Waals surface area (Å²) in [5.74, 6) is 1.18. The highest BCUT2D eigenvalue weighted by molar-refractivity contribution is 7.81. The molecule has 2 N–H and O–H groups in total. The lowest BCUT2D eigenvalue weighted by molar-refractivity contribution is -0.0445. The largest absolute Gasteiger partial charge is 0.497 e. The molecule has 3 fully saturated rings. The number of pyridine rings is 1. The van der Waals surface area contributed by atoms with Gasteiger partial charge in [-0.1, -0.05) is 6.08 Å². The van der Waals surface area contributed by atoms with Gasteiger partial charge < -0.3 is 14.0 Å². The Bertz CT molecular complexity index is 1040. The quantitative estimate of drug-likeness (QED) is 0.541. The summed E-state index contributed by atoms with van der Waals surface area (Å²) in [6.07, 6.45) is 3.00. The first kappa shape index (κ1) is 20.1. The zero-order valence-corrected chi connectivity index (χ0v) is 16.9. The predicted molar refractivity (Wildman–Crippen MR) is 107 cm³/mol. The van der Waals surface area contributed by atoms with Crippen LogP contribution in [0.5, 0.6) is 11.6 Å². The first-order valence-corrected chi connectivity index (χ1v) is 10.9. The fourth-order valence-corrected chi connectivity index (χ4v) is 4.94. The van der Waals surface area contributed by atoms with E-state index in [1.165, 1.54) is 6.07 Å². The predicted octanol–water partition coefficient (Wildman–Crippen LogP) is 2.35. The molecule has 0 spiro atoms. The summed E-state index contributed by atoms with van der Waals surface area (Å²) in [6, 6.07) is 6.35. The third-order valence-corrected chi connectivity index (χ3v) is 6.43. The molecule has 5 rings (SSSR count). The summed E-state index contributed by atoms with van der Waals surface area (Å²) in [6.45, 7) is 5.67. The fraction of sp³-hybridized carbons (Fsp3) is 0.450. The zero-order chi connectivity index (χ0) is 20.8. The number of piperidine rings is 3. The lowest BCUT2D eigenvalue weighted by atomic mass is 9.73. The molecule has 8 nitrogen and oxygen atoms in total. The number of ether oxygens (including phenoxy) is 1. The van der Waals surface area contributed by atoms with E-state index in [9.17, 15) is 13.5 Å². The van der Waals surface area contributed by atoms with Gasteiger partial charge in [0.05, 0.1) is 18.7 Å². The Morgan fingerprint density at radius 3 is 2.79 bits per heavy atom. The van der Waals surface area contributed by atoms with Gasteiger partial charge in [0.15, 0.2) is 0 Å². The van der Waals surface area contributed by atoms with E-state index >= 15 is 0 Å². The van der Waals surface area contributed by atoms with Crippen molar-refractivity contribution in [2.45, 2.75) is 25.0 Å². The topological polar surface area (TPSA) is 109 Å². The molecule has 3 saturated heterocycles. The Labute approximate surface area is 169 Å². The van der Waals surface area contributed by atoms with Crippen LogP contribution < -0.4 is 8.92 Å². The Hall–Kier alpha value is -2.20. The highest BCUT2D eigenvalue weighted by atomic mass is 32.3. The molecule has 3 aliphatic rings. The number of nitrogens with zero attached hydrogens (tertiary/aromatic N) is 2. The first-order chi connectivity index (χ1) is 13.8. The molecule has 1 aromatic carbocycles. The van der Waals surface area contributed by atoms with Gasteiger partial charge in [-0.25, -0.2) is 4.98 Å². The monoisotopic (exact) mass is 420 g/mol. The van der Waals surface area contributed by atoms with Crippen LogP contribution in [0.1, 0.15) is 24.5 Å². The first-order valence-electron chi connectivity index (χ1n) is 9.49.